The van der Waals surface area contributed by atoms with Crippen molar-refractivity contribution in [1.82, 2.24) is 30.2 Å². The molecule has 3 heterocycles. The van der Waals surface area contributed by atoms with Gasteiger partial charge in [0, 0.05) is 17.5 Å². The van der Waals surface area contributed by atoms with E-state index in [2.05, 4.69) is 25.7 Å². The molecular formula is C14H16N6O3. The van der Waals surface area contributed by atoms with E-state index >= 15 is 0 Å². The van der Waals surface area contributed by atoms with Gasteiger partial charge in [-0.25, -0.2) is 9.89 Å². The van der Waals surface area contributed by atoms with Crippen molar-refractivity contribution in [2.45, 2.75) is 27.3 Å². The summed E-state index contributed by atoms with van der Waals surface area (Å²) in [5, 5.41) is 12.7. The van der Waals surface area contributed by atoms with E-state index in [0.717, 1.165) is 11.4 Å². The Hall–Kier alpha value is -3.10. The quantitative estimate of drug-likeness (QED) is 0.655. The molecule has 0 unspecified atom stereocenters. The van der Waals surface area contributed by atoms with Gasteiger partial charge >= 0.3 is 5.69 Å². The van der Waals surface area contributed by atoms with Gasteiger partial charge in [0.05, 0.1) is 12.1 Å². The molecule has 0 saturated carbocycles. The third-order valence-electron chi connectivity index (χ3n) is 3.49. The lowest BCUT2D eigenvalue weighted by Crippen LogP contribution is -2.24. The van der Waals surface area contributed by atoms with E-state index in [1.807, 2.05) is 25.3 Å². The van der Waals surface area contributed by atoms with Gasteiger partial charge in [-0.05, 0) is 26.8 Å². The molecule has 3 N–H and O–H groups in total. The standard InChI is InChI=1S/C14H16N6O3/c1-7-4-10(9(3)20(7)12-5-8(2)23-19-12)13(21)15-6-11-16-14(22)18-17-11/h4-5H,6H2,1-3H3,(H,15,21)(H2,16,17,18,22). The minimum atomic E-state index is -0.408. The molecule has 3 aromatic rings. The van der Waals surface area contributed by atoms with Crippen LogP contribution in [-0.2, 0) is 6.54 Å². The Morgan fingerprint density at radius 1 is 1.35 bits per heavy atom. The topological polar surface area (TPSA) is 122 Å². The first-order valence-electron chi connectivity index (χ1n) is 7.00. The molecule has 3 rings (SSSR count). The summed E-state index contributed by atoms with van der Waals surface area (Å²) in [5.41, 5.74) is 1.74. The predicted octanol–water partition coefficient (Wildman–Crippen LogP) is 0.732. The number of hydrogen-bond donors (Lipinski definition) is 3. The van der Waals surface area contributed by atoms with Gasteiger partial charge in [-0.1, -0.05) is 5.16 Å². The Bertz CT molecular complexity index is 913. The molecule has 0 radical (unpaired) electrons. The van der Waals surface area contributed by atoms with Crippen LogP contribution in [0, 0.1) is 20.8 Å². The van der Waals surface area contributed by atoms with E-state index in [9.17, 15) is 9.59 Å². The molecule has 3 aromatic heterocycles. The Kier molecular flexibility index (Phi) is 3.61. The lowest BCUT2D eigenvalue weighted by Gasteiger charge is -2.05. The normalized spacial score (nSPS) is 10.9. The van der Waals surface area contributed by atoms with Gasteiger partial charge in [0.2, 0.25) is 0 Å². The zero-order chi connectivity index (χ0) is 16.6. The highest BCUT2D eigenvalue weighted by Crippen LogP contribution is 2.20. The highest BCUT2D eigenvalue weighted by molar-refractivity contribution is 5.95. The summed E-state index contributed by atoms with van der Waals surface area (Å²) in [5.74, 6) is 1.44. The molecule has 9 heteroatoms. The lowest BCUT2D eigenvalue weighted by molar-refractivity contribution is 0.0949. The molecule has 0 atom stereocenters. The van der Waals surface area contributed by atoms with Crippen molar-refractivity contribution < 1.29 is 9.32 Å². The van der Waals surface area contributed by atoms with E-state index in [0.29, 0.717) is 23.0 Å². The van der Waals surface area contributed by atoms with Gasteiger partial charge in [-0.15, -0.1) is 0 Å². The number of H-pyrrole nitrogens is 2. The largest absolute Gasteiger partial charge is 0.360 e. The third kappa shape index (κ3) is 2.80. The number of aromatic nitrogens is 5. The number of hydrogen-bond acceptors (Lipinski definition) is 5. The van der Waals surface area contributed by atoms with Crippen molar-refractivity contribution >= 4 is 5.91 Å². The number of nitrogens with zero attached hydrogens (tertiary/aromatic N) is 3. The fraction of sp³-hybridized carbons (Fsp3) is 0.286. The second-order valence-corrected chi connectivity index (χ2v) is 5.22. The minimum Gasteiger partial charge on any atom is -0.360 e. The maximum absolute atomic E-state index is 12.3. The first-order chi connectivity index (χ1) is 11.0. The van der Waals surface area contributed by atoms with Crippen LogP contribution in [0.2, 0.25) is 0 Å². The Morgan fingerprint density at radius 3 is 2.74 bits per heavy atom. The summed E-state index contributed by atoms with van der Waals surface area (Å²) in [6.07, 6.45) is 0. The predicted molar refractivity (Wildman–Crippen MR) is 80.4 cm³/mol. The molecule has 0 bridgehead atoms. The van der Waals surface area contributed by atoms with Gasteiger partial charge in [-0.3, -0.25) is 14.3 Å². The Balaban J connectivity index is 1.82. The number of aryl methyl sites for hydroxylation is 2. The Labute approximate surface area is 130 Å². The van der Waals surface area contributed by atoms with E-state index in [1.54, 1.807) is 12.1 Å². The highest BCUT2D eigenvalue weighted by atomic mass is 16.5. The molecule has 1 amide bonds. The average Bonchev–Trinajstić information content (AvgIpc) is 3.17. The van der Waals surface area contributed by atoms with E-state index in [1.165, 1.54) is 0 Å². The second kappa shape index (κ2) is 5.59. The molecule has 0 aromatic carbocycles. The van der Waals surface area contributed by atoms with Crippen LogP contribution < -0.4 is 11.0 Å². The molecule has 120 valence electrons. The molecule has 0 saturated heterocycles. The van der Waals surface area contributed by atoms with Gasteiger partial charge in [0.1, 0.15) is 11.6 Å². The van der Waals surface area contributed by atoms with Crippen molar-refractivity contribution in [3.05, 3.63) is 51.2 Å². The van der Waals surface area contributed by atoms with Crippen molar-refractivity contribution in [2.75, 3.05) is 0 Å². The molecule has 23 heavy (non-hydrogen) atoms. The lowest BCUT2D eigenvalue weighted by atomic mass is 10.2. The average molecular weight is 316 g/mol. The maximum atomic E-state index is 12.3. The van der Waals surface area contributed by atoms with Crippen molar-refractivity contribution in [1.29, 1.82) is 0 Å². The fourth-order valence-electron chi connectivity index (χ4n) is 2.45. The van der Waals surface area contributed by atoms with Crippen LogP contribution in [-0.4, -0.2) is 30.8 Å². The summed E-state index contributed by atoms with van der Waals surface area (Å²) >= 11 is 0. The number of amides is 1. The summed E-state index contributed by atoms with van der Waals surface area (Å²) in [6, 6.07) is 3.58. The van der Waals surface area contributed by atoms with Gasteiger partial charge in [-0.2, -0.15) is 5.10 Å². The summed E-state index contributed by atoms with van der Waals surface area (Å²) in [4.78, 5) is 25.8. The number of aromatic amines is 2. The van der Waals surface area contributed by atoms with E-state index in [-0.39, 0.29) is 12.5 Å². The van der Waals surface area contributed by atoms with Crippen molar-refractivity contribution in [2.24, 2.45) is 0 Å². The third-order valence-corrected chi connectivity index (χ3v) is 3.49. The van der Waals surface area contributed by atoms with Crippen LogP contribution in [0.25, 0.3) is 5.82 Å². The van der Waals surface area contributed by atoms with Gasteiger partial charge in [0.25, 0.3) is 5.91 Å². The van der Waals surface area contributed by atoms with Crippen LogP contribution in [0.15, 0.2) is 21.5 Å². The SMILES string of the molecule is Cc1cc(-n2c(C)cc(C(=O)NCc3n[nH]c(=O)[nH]3)c2C)no1. The number of carbonyl (C=O) groups excluding carboxylic acids is 1. The van der Waals surface area contributed by atoms with Crippen LogP contribution in [0.5, 0.6) is 0 Å². The smallest absolute Gasteiger partial charge is 0.340 e. The zero-order valence-corrected chi connectivity index (χ0v) is 12.9. The van der Waals surface area contributed by atoms with Crippen LogP contribution in [0.1, 0.15) is 33.3 Å². The van der Waals surface area contributed by atoms with E-state index < -0.39 is 5.69 Å². The molecule has 0 spiro atoms. The first kappa shape index (κ1) is 14.8. The summed E-state index contributed by atoms with van der Waals surface area (Å²) < 4.78 is 6.94. The minimum absolute atomic E-state index is 0.129. The number of rotatable bonds is 4. The first-order valence-corrected chi connectivity index (χ1v) is 7.00. The molecule has 0 aliphatic carbocycles. The molecule has 0 fully saturated rings. The summed E-state index contributed by atoms with van der Waals surface area (Å²) in [7, 11) is 0. The molecular weight excluding hydrogens is 300 g/mol. The van der Waals surface area contributed by atoms with E-state index in [4.69, 9.17) is 4.52 Å². The van der Waals surface area contributed by atoms with Gasteiger partial charge < -0.3 is 9.84 Å². The van der Waals surface area contributed by atoms with Crippen molar-refractivity contribution in [3.63, 3.8) is 0 Å². The maximum Gasteiger partial charge on any atom is 0.340 e. The van der Waals surface area contributed by atoms with Crippen molar-refractivity contribution in [3.8, 4) is 5.82 Å². The number of nitrogens with one attached hydrogen (secondary N) is 3. The fourth-order valence-corrected chi connectivity index (χ4v) is 2.45. The monoisotopic (exact) mass is 316 g/mol. The Morgan fingerprint density at radius 2 is 2.13 bits per heavy atom. The highest BCUT2D eigenvalue weighted by Gasteiger charge is 2.18. The van der Waals surface area contributed by atoms with Crippen LogP contribution >= 0.6 is 0 Å². The van der Waals surface area contributed by atoms with Crippen LogP contribution in [0.3, 0.4) is 0 Å². The zero-order valence-electron chi connectivity index (χ0n) is 12.9. The number of carbonyl (C=O) groups is 1. The summed E-state index contributed by atoms with van der Waals surface area (Å²) in [6.45, 7) is 5.66. The molecule has 0 aliphatic heterocycles. The molecule has 0 aliphatic rings. The van der Waals surface area contributed by atoms with Gasteiger partial charge in [0.15, 0.2) is 5.82 Å². The van der Waals surface area contributed by atoms with Crippen LogP contribution in [0.4, 0.5) is 0 Å². The molecule has 9 nitrogen and oxygen atoms in total. The second-order valence-electron chi connectivity index (χ2n) is 5.22.